The summed E-state index contributed by atoms with van der Waals surface area (Å²) in [6.07, 6.45) is 0.515. The number of likely N-dealkylation sites (N-methyl/N-ethyl adjacent to an activating group) is 1. The summed E-state index contributed by atoms with van der Waals surface area (Å²) in [4.78, 5) is 19.1. The van der Waals surface area contributed by atoms with Gasteiger partial charge < -0.3 is 19.4 Å². The predicted molar refractivity (Wildman–Crippen MR) is 92.4 cm³/mol. The fourth-order valence-corrected chi connectivity index (χ4v) is 3.30. The molecular weight excluding hydrogens is 314 g/mol. The maximum atomic E-state index is 12.5. The van der Waals surface area contributed by atoms with Gasteiger partial charge in [0.2, 0.25) is 0 Å². The van der Waals surface area contributed by atoms with Crippen molar-refractivity contribution >= 4 is 23.2 Å². The third-order valence-electron chi connectivity index (χ3n) is 4.58. The van der Waals surface area contributed by atoms with Crippen LogP contribution in [-0.2, 0) is 4.79 Å². The summed E-state index contributed by atoms with van der Waals surface area (Å²) in [6.45, 7) is 7.96. The third-order valence-corrected chi connectivity index (χ3v) is 4.82. The van der Waals surface area contributed by atoms with Gasteiger partial charge in [-0.15, -0.1) is 0 Å². The minimum atomic E-state index is -0.438. The van der Waals surface area contributed by atoms with E-state index in [1.54, 1.807) is 13.0 Å². The van der Waals surface area contributed by atoms with Gasteiger partial charge in [0.15, 0.2) is 6.10 Å². The van der Waals surface area contributed by atoms with Crippen LogP contribution < -0.4 is 9.64 Å². The van der Waals surface area contributed by atoms with E-state index in [-0.39, 0.29) is 5.91 Å². The number of hydrogen-bond donors (Lipinski definition) is 0. The Kier molecular flexibility index (Phi) is 5.09. The first-order valence-electron chi connectivity index (χ1n) is 8.23. The van der Waals surface area contributed by atoms with Gasteiger partial charge in [0.05, 0.1) is 5.69 Å². The minimum absolute atomic E-state index is 0.0122. The van der Waals surface area contributed by atoms with Crippen LogP contribution in [0.2, 0.25) is 5.02 Å². The lowest BCUT2D eigenvalue weighted by Gasteiger charge is -2.35. The molecule has 0 bridgehead atoms. The first-order valence-corrected chi connectivity index (χ1v) is 8.61. The van der Waals surface area contributed by atoms with Gasteiger partial charge >= 0.3 is 0 Å². The molecule has 0 spiro atoms. The molecular formula is C17H24ClN3O2. The number of anilines is 1. The number of rotatable bonds is 4. The second-order valence-corrected chi connectivity index (χ2v) is 6.80. The molecule has 6 heteroatoms. The van der Waals surface area contributed by atoms with Crippen molar-refractivity contribution in [1.29, 1.82) is 0 Å². The van der Waals surface area contributed by atoms with Crippen LogP contribution in [0, 0.1) is 0 Å². The smallest absolute Gasteiger partial charge is 0.267 e. The zero-order valence-electron chi connectivity index (χ0n) is 13.8. The average molecular weight is 338 g/mol. The van der Waals surface area contributed by atoms with Crippen molar-refractivity contribution in [3.8, 4) is 5.75 Å². The number of benzene rings is 1. The number of piperazine rings is 1. The maximum Gasteiger partial charge on any atom is 0.267 e. The highest BCUT2D eigenvalue weighted by atomic mass is 35.5. The van der Waals surface area contributed by atoms with Crippen LogP contribution in [0.1, 0.15) is 13.3 Å². The van der Waals surface area contributed by atoms with Crippen LogP contribution in [0.3, 0.4) is 0 Å². The number of halogens is 1. The zero-order valence-corrected chi connectivity index (χ0v) is 14.6. The van der Waals surface area contributed by atoms with Crippen LogP contribution >= 0.6 is 11.6 Å². The quantitative estimate of drug-likeness (QED) is 0.843. The summed E-state index contributed by atoms with van der Waals surface area (Å²) in [5.74, 6) is 0.749. The normalized spacial score (nSPS) is 22.8. The van der Waals surface area contributed by atoms with E-state index >= 15 is 0 Å². The van der Waals surface area contributed by atoms with E-state index in [4.69, 9.17) is 16.3 Å². The molecule has 0 saturated carbocycles. The third kappa shape index (κ3) is 3.79. The molecule has 0 aliphatic carbocycles. The van der Waals surface area contributed by atoms with E-state index in [9.17, 15) is 4.79 Å². The summed E-state index contributed by atoms with van der Waals surface area (Å²) in [6, 6.07) is 5.45. The van der Waals surface area contributed by atoms with E-state index < -0.39 is 6.10 Å². The molecule has 126 valence electrons. The number of fused-ring (bicyclic) bond motifs is 1. The monoisotopic (exact) mass is 337 g/mol. The van der Waals surface area contributed by atoms with Crippen LogP contribution in [0.5, 0.6) is 5.75 Å². The Hall–Kier alpha value is -1.30. The van der Waals surface area contributed by atoms with Gasteiger partial charge in [-0.05, 0) is 45.1 Å². The molecule has 1 aromatic carbocycles. The van der Waals surface area contributed by atoms with E-state index in [2.05, 4.69) is 16.8 Å². The second-order valence-electron chi connectivity index (χ2n) is 6.36. The zero-order chi connectivity index (χ0) is 16.4. The summed E-state index contributed by atoms with van der Waals surface area (Å²) in [5.41, 5.74) is 0.791. The Morgan fingerprint density at radius 1 is 1.22 bits per heavy atom. The second kappa shape index (κ2) is 7.07. The average Bonchev–Trinajstić information content (AvgIpc) is 2.53. The first-order chi connectivity index (χ1) is 11.0. The lowest BCUT2D eigenvalue weighted by atomic mass is 10.1. The van der Waals surface area contributed by atoms with E-state index in [1.807, 2.05) is 17.0 Å². The fraction of sp³-hybridized carbons (Fsp3) is 0.588. The molecule has 0 aromatic heterocycles. The Morgan fingerprint density at radius 2 is 1.96 bits per heavy atom. The summed E-state index contributed by atoms with van der Waals surface area (Å²) < 4.78 is 5.67. The Bertz CT molecular complexity index is 573. The van der Waals surface area contributed by atoms with Crippen LogP contribution in [0.25, 0.3) is 0 Å². The molecule has 23 heavy (non-hydrogen) atoms. The SMILES string of the molecule is CC1Oc2ccc(Cl)cc2N(CCCN2CCN(C)CC2)C1=O. The Balaban J connectivity index is 1.62. The largest absolute Gasteiger partial charge is 0.479 e. The van der Waals surface area contributed by atoms with Gasteiger partial charge in [-0.25, -0.2) is 0 Å². The van der Waals surface area contributed by atoms with Crippen molar-refractivity contribution in [1.82, 2.24) is 9.80 Å². The van der Waals surface area contributed by atoms with Gasteiger partial charge in [-0.2, -0.15) is 0 Å². The van der Waals surface area contributed by atoms with Gasteiger partial charge in [-0.3, -0.25) is 4.79 Å². The van der Waals surface area contributed by atoms with E-state index in [0.717, 1.165) is 50.6 Å². The van der Waals surface area contributed by atoms with E-state index in [1.165, 1.54) is 0 Å². The van der Waals surface area contributed by atoms with Crippen molar-refractivity contribution in [3.63, 3.8) is 0 Å². The summed E-state index contributed by atoms with van der Waals surface area (Å²) >= 11 is 6.09. The lowest BCUT2D eigenvalue weighted by molar-refractivity contribution is -0.125. The molecule has 1 fully saturated rings. The number of amides is 1. The molecule has 3 rings (SSSR count). The Morgan fingerprint density at radius 3 is 2.70 bits per heavy atom. The highest BCUT2D eigenvalue weighted by Gasteiger charge is 2.31. The number of carbonyl (C=O) groups excluding carboxylic acids is 1. The van der Waals surface area contributed by atoms with Crippen LogP contribution in [0.15, 0.2) is 18.2 Å². The molecule has 1 atom stereocenters. The van der Waals surface area contributed by atoms with Crippen LogP contribution in [-0.4, -0.2) is 68.1 Å². The fourth-order valence-electron chi connectivity index (χ4n) is 3.13. The van der Waals surface area contributed by atoms with Gasteiger partial charge in [0.25, 0.3) is 5.91 Å². The van der Waals surface area contributed by atoms with E-state index in [0.29, 0.717) is 11.6 Å². The van der Waals surface area contributed by atoms with Gasteiger partial charge in [0, 0.05) is 37.7 Å². The van der Waals surface area contributed by atoms with Crippen molar-refractivity contribution in [3.05, 3.63) is 23.2 Å². The molecule has 2 aliphatic heterocycles. The predicted octanol–water partition coefficient (Wildman–Crippen LogP) is 2.09. The van der Waals surface area contributed by atoms with Crippen molar-refractivity contribution in [2.75, 3.05) is 51.2 Å². The molecule has 1 aromatic rings. The summed E-state index contributed by atoms with van der Waals surface area (Å²) in [7, 11) is 2.16. The number of carbonyl (C=O) groups is 1. The molecule has 2 heterocycles. The first kappa shape index (κ1) is 16.6. The van der Waals surface area contributed by atoms with Crippen molar-refractivity contribution in [2.45, 2.75) is 19.4 Å². The maximum absolute atomic E-state index is 12.5. The van der Waals surface area contributed by atoms with Crippen molar-refractivity contribution in [2.24, 2.45) is 0 Å². The Labute approximate surface area is 142 Å². The molecule has 0 radical (unpaired) electrons. The lowest BCUT2D eigenvalue weighted by Crippen LogP contribution is -2.47. The summed E-state index contributed by atoms with van der Waals surface area (Å²) in [5, 5.41) is 0.624. The van der Waals surface area contributed by atoms with Crippen LogP contribution in [0.4, 0.5) is 5.69 Å². The van der Waals surface area contributed by atoms with Gasteiger partial charge in [-0.1, -0.05) is 11.6 Å². The number of hydrogen-bond acceptors (Lipinski definition) is 4. The standard InChI is InChI=1S/C17H24ClN3O2/c1-13-17(22)21(15-12-14(18)4-5-16(15)23-13)7-3-6-20-10-8-19(2)9-11-20/h4-5,12-13H,3,6-11H2,1-2H3. The molecule has 1 saturated heterocycles. The minimum Gasteiger partial charge on any atom is -0.479 e. The van der Waals surface area contributed by atoms with Gasteiger partial charge in [0.1, 0.15) is 5.75 Å². The highest BCUT2D eigenvalue weighted by molar-refractivity contribution is 6.31. The number of nitrogens with zero attached hydrogens (tertiary/aromatic N) is 3. The molecule has 1 amide bonds. The topological polar surface area (TPSA) is 36.0 Å². The number of ether oxygens (including phenoxy) is 1. The molecule has 1 unspecified atom stereocenters. The highest BCUT2D eigenvalue weighted by Crippen LogP contribution is 2.36. The molecule has 5 nitrogen and oxygen atoms in total. The molecule has 2 aliphatic rings. The van der Waals surface area contributed by atoms with Crippen molar-refractivity contribution < 1.29 is 9.53 Å². The molecule has 0 N–H and O–H groups in total.